The number of benzene rings is 2. The van der Waals surface area contributed by atoms with E-state index in [1.165, 1.54) is 0 Å². The van der Waals surface area contributed by atoms with Crippen LogP contribution in [0.25, 0.3) is 0 Å². The number of methoxy groups -OCH3 is 1. The third-order valence-corrected chi connectivity index (χ3v) is 3.68. The van der Waals surface area contributed by atoms with Crippen LogP contribution in [0.4, 0.5) is 0 Å². The van der Waals surface area contributed by atoms with Crippen LogP contribution in [0, 0.1) is 6.20 Å². The van der Waals surface area contributed by atoms with Crippen molar-refractivity contribution in [2.45, 2.75) is 13.1 Å². The van der Waals surface area contributed by atoms with Crippen LogP contribution in [0.1, 0.15) is 21.6 Å². The van der Waals surface area contributed by atoms with Crippen LogP contribution in [-0.4, -0.2) is 22.8 Å². The normalized spacial score (nSPS) is 9.96. The molecule has 0 fully saturated rings. The molecule has 0 aliphatic carbocycles. The van der Waals surface area contributed by atoms with Gasteiger partial charge in [-0.05, 0) is 29.0 Å². The molecule has 0 radical (unpaired) electrons. The number of aromatic nitrogens is 2. The molecule has 3 aromatic rings. The zero-order valence-corrected chi connectivity index (χ0v) is 14.4. The zero-order chi connectivity index (χ0) is 16.8. The number of ether oxygens (including phenoxy) is 1. The number of hydrogen-bond donors (Lipinski definition) is 1. The number of nitrogens with one attached hydrogen (secondary N) is 1. The van der Waals surface area contributed by atoms with E-state index in [4.69, 9.17) is 4.74 Å². The third kappa shape index (κ3) is 4.99. The molecule has 3 rings (SSSR count). The molecule has 1 N–H and O–H groups in total. The Morgan fingerprint density at radius 2 is 1.84 bits per heavy atom. The van der Waals surface area contributed by atoms with Gasteiger partial charge in [0.2, 0.25) is 0 Å². The van der Waals surface area contributed by atoms with Crippen molar-refractivity contribution in [3.8, 4) is 5.75 Å². The van der Waals surface area contributed by atoms with Crippen molar-refractivity contribution in [2.75, 3.05) is 7.11 Å². The van der Waals surface area contributed by atoms with Crippen LogP contribution in [0.15, 0.2) is 60.7 Å². The zero-order valence-electron chi connectivity index (χ0n) is 14.4. The van der Waals surface area contributed by atoms with Gasteiger partial charge in [-0.25, -0.2) is 0 Å². The second-order valence-electron chi connectivity index (χ2n) is 5.33. The van der Waals surface area contributed by atoms with Crippen LogP contribution >= 0.6 is 0 Å². The summed E-state index contributed by atoms with van der Waals surface area (Å²) >= 11 is 0. The van der Waals surface area contributed by atoms with E-state index in [2.05, 4.69) is 16.6 Å². The smallest absolute Gasteiger partial charge is 0.497 e. The average molecular weight is 327 g/mol. The second-order valence-corrected chi connectivity index (χ2v) is 5.33. The maximum Gasteiger partial charge on any atom is 1.00 e. The number of carbonyl (C=O) groups excluding carboxylic acids is 1. The van der Waals surface area contributed by atoms with Gasteiger partial charge in [-0.15, -0.1) is 6.20 Å². The summed E-state index contributed by atoms with van der Waals surface area (Å²) in [5.74, 6) is 0.632. The van der Waals surface area contributed by atoms with Crippen LogP contribution in [-0.2, 0) is 13.1 Å². The van der Waals surface area contributed by atoms with E-state index in [1.54, 1.807) is 17.9 Å². The minimum Gasteiger partial charge on any atom is -0.497 e. The average Bonchev–Trinajstić information content (AvgIpc) is 3.09. The molecule has 0 aliphatic rings. The van der Waals surface area contributed by atoms with Crippen molar-refractivity contribution in [1.29, 1.82) is 0 Å². The fourth-order valence-electron chi connectivity index (χ4n) is 2.36. The van der Waals surface area contributed by atoms with Crippen molar-refractivity contribution in [3.63, 3.8) is 0 Å². The van der Waals surface area contributed by atoms with Crippen molar-refractivity contribution in [2.24, 2.45) is 0 Å². The van der Waals surface area contributed by atoms with Gasteiger partial charge in [0.25, 0.3) is 0 Å². The van der Waals surface area contributed by atoms with Crippen LogP contribution in [0.3, 0.4) is 0 Å². The van der Waals surface area contributed by atoms with E-state index in [1.807, 2.05) is 54.6 Å². The molecule has 1 amide bonds. The van der Waals surface area contributed by atoms with Crippen molar-refractivity contribution in [1.82, 2.24) is 15.1 Å². The van der Waals surface area contributed by atoms with Crippen molar-refractivity contribution < 1.29 is 28.4 Å². The first-order chi connectivity index (χ1) is 11.8. The van der Waals surface area contributed by atoms with Gasteiger partial charge in [-0.3, -0.25) is 4.79 Å². The fourth-order valence-corrected chi connectivity index (χ4v) is 2.36. The van der Waals surface area contributed by atoms with E-state index in [9.17, 15) is 4.79 Å². The number of amides is 1. The first kappa shape index (κ1) is 18.9. The molecule has 1 heterocycles. The summed E-state index contributed by atoms with van der Waals surface area (Å²) in [6, 6.07) is 19.1. The monoisotopic (exact) mass is 327 g/mol. The molecule has 0 spiro atoms. The van der Waals surface area contributed by atoms with Gasteiger partial charge in [-0.1, -0.05) is 42.5 Å². The Morgan fingerprint density at radius 3 is 2.52 bits per heavy atom. The van der Waals surface area contributed by atoms with Crippen molar-refractivity contribution in [3.05, 3.63) is 83.7 Å². The summed E-state index contributed by atoms with van der Waals surface area (Å²) in [6.07, 6.45) is 2.75. The van der Waals surface area contributed by atoms with Gasteiger partial charge in [-0.2, -0.15) is 6.07 Å². The van der Waals surface area contributed by atoms with Gasteiger partial charge in [0, 0.05) is 13.1 Å². The molecule has 1 aromatic heterocycles. The SMILES string of the molecule is COc1ccc(Cn2n[c-]cc2C(=O)NCc2ccccc2)cc1.[Li+]. The maximum atomic E-state index is 12.4. The Hall–Kier alpha value is -2.48. The van der Waals surface area contributed by atoms with Crippen molar-refractivity contribution >= 4 is 5.91 Å². The summed E-state index contributed by atoms with van der Waals surface area (Å²) < 4.78 is 6.79. The van der Waals surface area contributed by atoms with E-state index in [-0.39, 0.29) is 24.8 Å². The molecule has 122 valence electrons. The molecule has 0 aliphatic heterocycles. The summed E-state index contributed by atoms with van der Waals surface area (Å²) in [5, 5.41) is 7.04. The van der Waals surface area contributed by atoms with Crippen LogP contribution in [0.5, 0.6) is 5.75 Å². The molecule has 0 saturated heterocycles. The summed E-state index contributed by atoms with van der Waals surface area (Å²) in [5.41, 5.74) is 2.57. The van der Waals surface area contributed by atoms with E-state index in [0.29, 0.717) is 18.8 Å². The van der Waals surface area contributed by atoms with E-state index in [0.717, 1.165) is 16.9 Å². The Bertz CT molecular complexity index is 801. The Balaban J connectivity index is 0.00000225. The predicted molar refractivity (Wildman–Crippen MR) is 90.8 cm³/mol. The Labute approximate surface area is 159 Å². The molecule has 0 bridgehead atoms. The topological polar surface area (TPSA) is 56.2 Å². The molecule has 0 atom stereocenters. The molecule has 6 heteroatoms. The number of carbonyl (C=O) groups is 1. The van der Waals surface area contributed by atoms with E-state index >= 15 is 0 Å². The van der Waals surface area contributed by atoms with E-state index < -0.39 is 0 Å². The molecule has 0 saturated carbocycles. The molecule has 2 aromatic carbocycles. The maximum absolute atomic E-state index is 12.4. The first-order valence-corrected chi connectivity index (χ1v) is 7.65. The minimum absolute atomic E-state index is 0. The molecule has 5 nitrogen and oxygen atoms in total. The molecule has 0 unspecified atom stereocenters. The standard InChI is InChI=1S/C19H18N3O2.Li/c1-24-17-9-7-16(8-10-17)14-22-18(11-12-21-22)19(23)20-13-15-5-3-2-4-6-15;/h2-11H,13-14H2,1H3,(H,20,23);/q-1;+1. The number of nitrogens with zero attached hydrogens (tertiary/aromatic N) is 2. The molecule has 25 heavy (non-hydrogen) atoms. The fraction of sp³-hybridized carbons (Fsp3) is 0.158. The molecular weight excluding hydrogens is 309 g/mol. The second kappa shape index (κ2) is 9.12. The summed E-state index contributed by atoms with van der Waals surface area (Å²) in [6.45, 7) is 0.981. The van der Waals surface area contributed by atoms with Gasteiger partial charge in [0.1, 0.15) is 5.75 Å². The Morgan fingerprint density at radius 1 is 1.12 bits per heavy atom. The number of rotatable bonds is 6. The quantitative estimate of drug-likeness (QED) is 0.498. The van der Waals surface area contributed by atoms with Gasteiger partial charge in [0.15, 0.2) is 5.91 Å². The van der Waals surface area contributed by atoms with Gasteiger partial charge in [0.05, 0.1) is 7.11 Å². The first-order valence-electron chi connectivity index (χ1n) is 7.65. The van der Waals surface area contributed by atoms with Crippen LogP contribution < -0.4 is 28.9 Å². The van der Waals surface area contributed by atoms with Gasteiger partial charge >= 0.3 is 18.9 Å². The molecular formula is C19H18LiN3O2. The van der Waals surface area contributed by atoms with Gasteiger partial charge < -0.3 is 19.8 Å². The summed E-state index contributed by atoms with van der Waals surface area (Å²) in [4.78, 5) is 12.4. The number of hydrogen-bond acceptors (Lipinski definition) is 3. The Kier molecular flexibility index (Phi) is 6.88. The predicted octanol–water partition coefficient (Wildman–Crippen LogP) is -0.326. The minimum atomic E-state index is -0.166. The summed E-state index contributed by atoms with van der Waals surface area (Å²) in [7, 11) is 1.63. The third-order valence-electron chi connectivity index (χ3n) is 3.68. The van der Waals surface area contributed by atoms with Crippen LogP contribution in [0.2, 0.25) is 0 Å². The largest absolute Gasteiger partial charge is 1.00 e.